The van der Waals surface area contributed by atoms with E-state index in [-0.39, 0.29) is 11.1 Å². The summed E-state index contributed by atoms with van der Waals surface area (Å²) < 4.78 is 7.90. The Morgan fingerprint density at radius 1 is 1.07 bits per heavy atom. The number of ether oxygens (including phenoxy) is 1. The molecule has 0 unspecified atom stereocenters. The number of rotatable bonds is 5. The fourth-order valence-electron chi connectivity index (χ4n) is 2.70. The van der Waals surface area contributed by atoms with Crippen molar-refractivity contribution in [2.24, 2.45) is 14.1 Å². The van der Waals surface area contributed by atoms with Crippen LogP contribution in [0.25, 0.3) is 6.08 Å². The molecule has 30 heavy (non-hydrogen) atoms. The fourth-order valence-corrected chi connectivity index (χ4v) is 2.70. The number of nitrogens with one attached hydrogen (secondary N) is 1. The Kier molecular flexibility index (Phi) is 5.94. The summed E-state index contributed by atoms with van der Waals surface area (Å²) in [5.74, 6) is 0.272. The molecule has 0 atom stereocenters. The number of anilines is 1. The molecule has 0 spiro atoms. The van der Waals surface area contributed by atoms with Gasteiger partial charge in [0.1, 0.15) is 17.4 Å². The van der Waals surface area contributed by atoms with E-state index < -0.39 is 17.2 Å². The van der Waals surface area contributed by atoms with Crippen LogP contribution in [0.2, 0.25) is 0 Å². The number of hydrogen-bond acceptors (Lipinski definition) is 5. The average Bonchev–Trinajstić information content (AvgIpc) is 2.76. The summed E-state index contributed by atoms with van der Waals surface area (Å²) in [5, 5.41) is 12.1. The number of para-hydroxylation sites is 3. The molecular formula is C22H18N4O4. The third-order valence-electron chi connectivity index (χ3n) is 4.24. The van der Waals surface area contributed by atoms with Crippen LogP contribution in [-0.2, 0) is 18.9 Å². The van der Waals surface area contributed by atoms with E-state index in [1.807, 2.05) is 18.2 Å². The molecule has 3 aromatic rings. The van der Waals surface area contributed by atoms with Crippen LogP contribution >= 0.6 is 0 Å². The minimum Gasteiger partial charge on any atom is -0.455 e. The lowest BCUT2D eigenvalue weighted by molar-refractivity contribution is -0.112. The molecule has 1 aromatic heterocycles. The summed E-state index contributed by atoms with van der Waals surface area (Å²) in [4.78, 5) is 36.7. The number of nitrogens with zero attached hydrogens (tertiary/aromatic N) is 3. The molecule has 150 valence electrons. The van der Waals surface area contributed by atoms with Gasteiger partial charge in [-0.1, -0.05) is 30.3 Å². The van der Waals surface area contributed by atoms with Gasteiger partial charge >= 0.3 is 5.69 Å². The minimum absolute atomic E-state index is 0.0418. The predicted molar refractivity (Wildman–Crippen MR) is 112 cm³/mol. The Bertz CT molecular complexity index is 1280. The van der Waals surface area contributed by atoms with Crippen LogP contribution in [0.5, 0.6) is 11.5 Å². The molecule has 1 amide bonds. The first-order chi connectivity index (χ1) is 14.4. The topological polar surface area (TPSA) is 106 Å². The molecule has 1 N–H and O–H groups in total. The highest BCUT2D eigenvalue weighted by Gasteiger charge is 2.15. The number of nitriles is 1. The number of benzene rings is 2. The maximum atomic E-state index is 12.7. The maximum absolute atomic E-state index is 12.7. The molecule has 8 nitrogen and oxygen atoms in total. The lowest BCUT2D eigenvalue weighted by Crippen LogP contribution is -2.37. The summed E-state index contributed by atoms with van der Waals surface area (Å²) in [6.07, 6.45) is 2.43. The quantitative estimate of drug-likeness (QED) is 0.521. The van der Waals surface area contributed by atoms with E-state index in [9.17, 15) is 19.6 Å². The first kappa shape index (κ1) is 20.4. The van der Waals surface area contributed by atoms with E-state index in [0.717, 1.165) is 10.6 Å². The van der Waals surface area contributed by atoms with Gasteiger partial charge in [-0.3, -0.25) is 14.2 Å². The molecule has 2 aromatic carbocycles. The van der Waals surface area contributed by atoms with E-state index in [1.165, 1.54) is 24.9 Å². The van der Waals surface area contributed by atoms with Crippen molar-refractivity contribution in [1.29, 1.82) is 5.26 Å². The first-order valence-electron chi connectivity index (χ1n) is 8.92. The largest absolute Gasteiger partial charge is 0.455 e. The van der Waals surface area contributed by atoms with Crippen molar-refractivity contribution >= 4 is 17.7 Å². The highest BCUT2D eigenvalue weighted by Crippen LogP contribution is 2.29. The van der Waals surface area contributed by atoms with Gasteiger partial charge in [-0.05, 0) is 30.3 Å². The molecule has 0 saturated heterocycles. The van der Waals surface area contributed by atoms with Crippen LogP contribution in [0, 0.1) is 11.3 Å². The number of amides is 1. The molecule has 8 heteroatoms. The Morgan fingerprint density at radius 2 is 1.73 bits per heavy atom. The predicted octanol–water partition coefficient (Wildman–Crippen LogP) is 2.42. The average molecular weight is 402 g/mol. The van der Waals surface area contributed by atoms with Crippen LogP contribution in [0.1, 0.15) is 5.56 Å². The van der Waals surface area contributed by atoms with Gasteiger partial charge in [0.05, 0.1) is 11.3 Å². The second kappa shape index (κ2) is 8.75. The van der Waals surface area contributed by atoms with Crippen LogP contribution in [-0.4, -0.2) is 15.0 Å². The first-order valence-corrected chi connectivity index (χ1v) is 8.92. The van der Waals surface area contributed by atoms with Crippen LogP contribution in [0.15, 0.2) is 76.0 Å². The van der Waals surface area contributed by atoms with Gasteiger partial charge in [0.2, 0.25) is 0 Å². The molecule has 0 aliphatic heterocycles. The molecule has 0 radical (unpaired) electrons. The summed E-state index contributed by atoms with van der Waals surface area (Å²) in [5.41, 5.74) is -1.00. The van der Waals surface area contributed by atoms with Crippen LogP contribution in [0.3, 0.4) is 0 Å². The van der Waals surface area contributed by atoms with Crippen molar-refractivity contribution in [2.75, 3.05) is 5.32 Å². The normalized spacial score (nSPS) is 10.9. The molecule has 1 heterocycles. The molecule has 0 bridgehead atoms. The summed E-state index contributed by atoms with van der Waals surface area (Å²) in [7, 11) is 2.80. The van der Waals surface area contributed by atoms with Crippen LogP contribution in [0.4, 0.5) is 5.69 Å². The number of carbonyl (C=O) groups is 1. The van der Waals surface area contributed by atoms with Gasteiger partial charge in [0, 0.05) is 20.3 Å². The second-order valence-corrected chi connectivity index (χ2v) is 6.38. The van der Waals surface area contributed by atoms with Gasteiger partial charge in [0.15, 0.2) is 5.75 Å². The van der Waals surface area contributed by atoms with Crippen molar-refractivity contribution in [1.82, 2.24) is 9.13 Å². The van der Waals surface area contributed by atoms with Crippen molar-refractivity contribution in [2.45, 2.75) is 0 Å². The highest BCUT2D eigenvalue weighted by atomic mass is 16.5. The van der Waals surface area contributed by atoms with Gasteiger partial charge in [-0.15, -0.1) is 0 Å². The van der Waals surface area contributed by atoms with Gasteiger partial charge in [-0.25, -0.2) is 4.79 Å². The summed E-state index contributed by atoms with van der Waals surface area (Å²) >= 11 is 0. The summed E-state index contributed by atoms with van der Waals surface area (Å²) in [6, 6.07) is 17.6. The Balaban J connectivity index is 1.91. The lowest BCUT2D eigenvalue weighted by Gasteiger charge is -2.12. The van der Waals surface area contributed by atoms with Crippen molar-refractivity contribution < 1.29 is 9.53 Å². The fraction of sp³-hybridized carbons (Fsp3) is 0.0909. The lowest BCUT2D eigenvalue weighted by atomic mass is 10.1. The van der Waals surface area contributed by atoms with E-state index >= 15 is 0 Å². The van der Waals surface area contributed by atoms with Crippen molar-refractivity contribution in [3.05, 3.63) is 92.8 Å². The molecule has 0 fully saturated rings. The molecular weight excluding hydrogens is 384 g/mol. The third-order valence-corrected chi connectivity index (χ3v) is 4.24. The zero-order valence-electron chi connectivity index (χ0n) is 16.3. The Labute approximate surface area is 171 Å². The standard InChI is InChI=1S/C22H18N4O4/c1-25-14-16(21(28)26(2)22(25)29)12-15(13-23)20(27)24-18-10-6-7-11-19(18)30-17-8-4-3-5-9-17/h3-12,14H,1-2H3,(H,24,27)/b15-12+. The third kappa shape index (κ3) is 4.36. The highest BCUT2D eigenvalue weighted by molar-refractivity contribution is 6.10. The van der Waals surface area contributed by atoms with E-state index in [1.54, 1.807) is 42.5 Å². The van der Waals surface area contributed by atoms with Crippen molar-refractivity contribution in [3.8, 4) is 17.6 Å². The molecule has 3 rings (SSSR count). The second-order valence-electron chi connectivity index (χ2n) is 6.38. The molecule has 0 aliphatic rings. The number of carbonyl (C=O) groups excluding carboxylic acids is 1. The smallest absolute Gasteiger partial charge is 0.330 e. The summed E-state index contributed by atoms with van der Waals surface area (Å²) in [6.45, 7) is 0. The Hall–Kier alpha value is -4.38. The van der Waals surface area contributed by atoms with Gasteiger partial charge in [-0.2, -0.15) is 5.26 Å². The zero-order valence-corrected chi connectivity index (χ0v) is 16.3. The molecule has 0 aliphatic carbocycles. The van der Waals surface area contributed by atoms with E-state index in [4.69, 9.17) is 4.74 Å². The minimum atomic E-state index is -0.711. The molecule has 0 saturated carbocycles. The van der Waals surface area contributed by atoms with E-state index in [2.05, 4.69) is 5.32 Å². The SMILES string of the molecule is Cn1cc(/C=C(\C#N)C(=O)Nc2ccccc2Oc2ccccc2)c(=O)n(C)c1=O. The zero-order chi connectivity index (χ0) is 21.7. The van der Waals surface area contributed by atoms with Crippen molar-refractivity contribution in [3.63, 3.8) is 0 Å². The van der Waals surface area contributed by atoms with Gasteiger partial charge < -0.3 is 14.6 Å². The van der Waals surface area contributed by atoms with Gasteiger partial charge in [0.25, 0.3) is 11.5 Å². The number of hydrogen-bond donors (Lipinski definition) is 1. The van der Waals surface area contributed by atoms with E-state index in [0.29, 0.717) is 17.2 Å². The number of aromatic nitrogens is 2. The van der Waals surface area contributed by atoms with Crippen LogP contribution < -0.4 is 21.3 Å². The maximum Gasteiger partial charge on any atom is 0.330 e. The monoisotopic (exact) mass is 402 g/mol. The number of aryl methyl sites for hydroxylation is 1. The Morgan fingerprint density at radius 3 is 2.43 bits per heavy atom.